The molecule has 5 rings (SSSR count). The summed E-state index contributed by atoms with van der Waals surface area (Å²) in [6.07, 6.45) is -1.89. The SMILES string of the molecule is CC(=O)OC1C(Cc2cc(C3CCN(C(C)=O)CC3)on2)OC(CO)C(O)C1n1cc(-c2cc(F)c(F)c(F)c2)nn1. The molecular weight excluding hydrogens is 563 g/mol. The Balaban J connectivity index is 1.40. The maximum Gasteiger partial charge on any atom is 0.303 e. The molecule has 12 nitrogen and oxygen atoms in total. The predicted octanol–water partition coefficient (Wildman–Crippen LogP) is 1.91. The van der Waals surface area contributed by atoms with Crippen LogP contribution in [0.25, 0.3) is 11.3 Å². The highest BCUT2D eigenvalue weighted by atomic mass is 19.2. The van der Waals surface area contributed by atoms with Gasteiger partial charge in [0.25, 0.3) is 0 Å². The number of amides is 1. The Morgan fingerprint density at radius 2 is 1.79 bits per heavy atom. The molecule has 15 heteroatoms. The van der Waals surface area contributed by atoms with Crippen LogP contribution in [0.2, 0.25) is 0 Å². The van der Waals surface area contributed by atoms with Crippen LogP contribution in [0.4, 0.5) is 13.2 Å². The molecule has 2 saturated heterocycles. The van der Waals surface area contributed by atoms with Crippen molar-refractivity contribution in [2.45, 2.75) is 69.5 Å². The number of ether oxygens (including phenoxy) is 2. The third-order valence-corrected chi connectivity index (χ3v) is 7.69. The number of aliphatic hydroxyl groups excluding tert-OH is 2. The zero-order valence-electron chi connectivity index (χ0n) is 22.8. The van der Waals surface area contributed by atoms with Gasteiger partial charge in [-0.1, -0.05) is 10.4 Å². The highest BCUT2D eigenvalue weighted by molar-refractivity contribution is 5.73. The molecule has 226 valence electrons. The van der Waals surface area contributed by atoms with Gasteiger partial charge in [0.15, 0.2) is 23.6 Å². The number of esters is 1. The molecule has 2 aliphatic rings. The van der Waals surface area contributed by atoms with E-state index in [0.717, 1.165) is 16.8 Å². The predicted molar refractivity (Wildman–Crippen MR) is 136 cm³/mol. The molecule has 0 aliphatic carbocycles. The minimum absolute atomic E-state index is 0.0179. The number of carbonyl (C=O) groups excluding carboxylic acids is 2. The second kappa shape index (κ2) is 12.2. The van der Waals surface area contributed by atoms with E-state index < -0.39 is 60.5 Å². The third kappa shape index (κ3) is 6.03. The Kier molecular flexibility index (Phi) is 8.61. The number of halogens is 3. The molecule has 0 spiro atoms. The van der Waals surface area contributed by atoms with Gasteiger partial charge < -0.3 is 29.1 Å². The van der Waals surface area contributed by atoms with E-state index in [0.29, 0.717) is 37.4 Å². The van der Waals surface area contributed by atoms with Crippen molar-refractivity contribution in [3.8, 4) is 11.3 Å². The largest absolute Gasteiger partial charge is 0.457 e. The summed E-state index contributed by atoms with van der Waals surface area (Å²) in [6.45, 7) is 3.33. The van der Waals surface area contributed by atoms with Crippen LogP contribution in [0.1, 0.15) is 50.1 Å². The number of benzene rings is 1. The monoisotopic (exact) mass is 593 g/mol. The molecule has 2 N–H and O–H groups in total. The maximum atomic E-state index is 13.8. The van der Waals surface area contributed by atoms with Gasteiger partial charge in [0.2, 0.25) is 5.91 Å². The first-order valence-electron chi connectivity index (χ1n) is 13.4. The van der Waals surface area contributed by atoms with E-state index in [1.54, 1.807) is 11.0 Å². The van der Waals surface area contributed by atoms with Crippen molar-refractivity contribution < 1.29 is 47.0 Å². The lowest BCUT2D eigenvalue weighted by Crippen LogP contribution is -2.57. The molecule has 2 fully saturated rings. The first-order valence-corrected chi connectivity index (χ1v) is 13.4. The summed E-state index contributed by atoms with van der Waals surface area (Å²) in [5.41, 5.74) is 0.328. The standard InChI is InChI=1S/C27H30F3N5O7/c1-13(37)34-5-3-15(4-6-34)21-9-17(32-42-21)10-22-27(40-14(2)38)25(26(39)23(12-36)41-22)35-11-20(31-33-35)16-7-18(28)24(30)19(29)8-16/h7-9,11,15,22-23,25-27,36,39H,3-6,10,12H2,1-2H3. The van der Waals surface area contributed by atoms with Crippen LogP contribution in [0.5, 0.6) is 0 Å². The summed E-state index contributed by atoms with van der Waals surface area (Å²) in [4.78, 5) is 25.5. The van der Waals surface area contributed by atoms with Gasteiger partial charge in [0, 0.05) is 50.9 Å². The van der Waals surface area contributed by atoms with Crippen molar-refractivity contribution in [1.29, 1.82) is 0 Å². The van der Waals surface area contributed by atoms with Crippen LogP contribution in [0, 0.1) is 17.5 Å². The number of rotatable bonds is 7. The smallest absolute Gasteiger partial charge is 0.303 e. The zero-order valence-corrected chi connectivity index (χ0v) is 22.8. The van der Waals surface area contributed by atoms with Crippen molar-refractivity contribution in [3.05, 3.63) is 53.3 Å². The maximum absolute atomic E-state index is 13.8. The lowest BCUT2D eigenvalue weighted by Gasteiger charge is -2.43. The summed E-state index contributed by atoms with van der Waals surface area (Å²) in [6, 6.07) is 2.13. The zero-order chi connectivity index (χ0) is 30.1. The molecule has 1 aromatic carbocycles. The van der Waals surface area contributed by atoms with Gasteiger partial charge in [-0.3, -0.25) is 9.59 Å². The summed E-state index contributed by atoms with van der Waals surface area (Å²) < 4.78 is 59.4. The van der Waals surface area contributed by atoms with Crippen LogP contribution in [0.3, 0.4) is 0 Å². The lowest BCUT2D eigenvalue weighted by atomic mass is 9.89. The van der Waals surface area contributed by atoms with Crippen LogP contribution in [-0.4, -0.2) is 91.3 Å². The van der Waals surface area contributed by atoms with Crippen molar-refractivity contribution in [2.75, 3.05) is 19.7 Å². The highest BCUT2D eigenvalue weighted by Gasteiger charge is 2.49. The summed E-state index contributed by atoms with van der Waals surface area (Å²) in [7, 11) is 0. The molecule has 2 aromatic heterocycles. The van der Waals surface area contributed by atoms with Crippen molar-refractivity contribution in [1.82, 2.24) is 25.1 Å². The third-order valence-electron chi connectivity index (χ3n) is 7.69. The number of aliphatic hydroxyl groups is 2. The number of piperidine rings is 1. The number of carbonyl (C=O) groups is 2. The molecule has 2 aliphatic heterocycles. The van der Waals surface area contributed by atoms with Gasteiger partial charge >= 0.3 is 5.97 Å². The average molecular weight is 594 g/mol. The number of likely N-dealkylation sites (tertiary alicyclic amines) is 1. The second-order valence-corrected chi connectivity index (χ2v) is 10.5. The lowest BCUT2D eigenvalue weighted by molar-refractivity contribution is -0.217. The van der Waals surface area contributed by atoms with Crippen LogP contribution in [0.15, 0.2) is 28.9 Å². The van der Waals surface area contributed by atoms with Gasteiger partial charge in [-0.15, -0.1) is 5.10 Å². The van der Waals surface area contributed by atoms with E-state index >= 15 is 0 Å². The fourth-order valence-electron chi connectivity index (χ4n) is 5.54. The Morgan fingerprint density at radius 3 is 2.40 bits per heavy atom. The Labute approximate surface area is 238 Å². The summed E-state index contributed by atoms with van der Waals surface area (Å²) in [5, 5.41) is 33.1. The van der Waals surface area contributed by atoms with E-state index in [9.17, 15) is 33.0 Å². The minimum Gasteiger partial charge on any atom is -0.457 e. The number of hydrogen-bond acceptors (Lipinski definition) is 10. The van der Waals surface area contributed by atoms with E-state index in [1.165, 1.54) is 20.0 Å². The number of nitrogens with zero attached hydrogens (tertiary/aromatic N) is 5. The first-order chi connectivity index (χ1) is 20.0. The topological polar surface area (TPSA) is 153 Å². The minimum atomic E-state index is -1.63. The molecule has 42 heavy (non-hydrogen) atoms. The van der Waals surface area contributed by atoms with E-state index in [1.807, 2.05) is 0 Å². The molecule has 0 bridgehead atoms. The number of aromatic nitrogens is 4. The Hall–Kier alpha value is -3.82. The highest BCUT2D eigenvalue weighted by Crippen LogP contribution is 2.35. The van der Waals surface area contributed by atoms with Crippen LogP contribution in [-0.2, 0) is 25.5 Å². The van der Waals surface area contributed by atoms with Crippen LogP contribution >= 0.6 is 0 Å². The van der Waals surface area contributed by atoms with Gasteiger partial charge in [0.05, 0.1) is 18.5 Å². The van der Waals surface area contributed by atoms with Gasteiger partial charge in [0.1, 0.15) is 35.8 Å². The molecular formula is C27H30F3N5O7. The summed E-state index contributed by atoms with van der Waals surface area (Å²) in [5.74, 6) is -4.43. The molecule has 0 saturated carbocycles. The molecule has 5 atom stereocenters. The molecule has 1 amide bonds. The van der Waals surface area contributed by atoms with E-state index in [4.69, 9.17) is 14.0 Å². The van der Waals surface area contributed by atoms with Gasteiger partial charge in [-0.2, -0.15) is 0 Å². The normalized spacial score (nSPS) is 25.0. The van der Waals surface area contributed by atoms with Crippen molar-refractivity contribution >= 4 is 11.9 Å². The fraction of sp³-hybridized carbons (Fsp3) is 0.519. The first kappa shape index (κ1) is 29.7. The second-order valence-electron chi connectivity index (χ2n) is 10.5. The molecule has 5 unspecified atom stereocenters. The molecule has 3 aromatic rings. The van der Waals surface area contributed by atoms with Gasteiger partial charge in [-0.05, 0) is 25.0 Å². The average Bonchev–Trinajstić information content (AvgIpc) is 3.63. The molecule has 0 radical (unpaired) electrons. The number of hydrogen-bond donors (Lipinski definition) is 2. The van der Waals surface area contributed by atoms with Gasteiger partial charge in [-0.25, -0.2) is 17.9 Å². The van der Waals surface area contributed by atoms with Crippen molar-refractivity contribution in [2.24, 2.45) is 0 Å². The van der Waals surface area contributed by atoms with Crippen LogP contribution < -0.4 is 0 Å². The summed E-state index contributed by atoms with van der Waals surface area (Å²) >= 11 is 0. The van der Waals surface area contributed by atoms with Crippen molar-refractivity contribution in [3.63, 3.8) is 0 Å². The fourth-order valence-corrected chi connectivity index (χ4v) is 5.54. The quantitative estimate of drug-likeness (QED) is 0.307. The van der Waals surface area contributed by atoms with E-state index in [2.05, 4.69) is 15.5 Å². The Bertz CT molecular complexity index is 1420. The Morgan fingerprint density at radius 1 is 1.10 bits per heavy atom. The van der Waals surface area contributed by atoms with E-state index in [-0.39, 0.29) is 29.5 Å². The molecule has 4 heterocycles.